The van der Waals surface area contributed by atoms with Crippen LogP contribution in [0.15, 0.2) is 0 Å². The highest BCUT2D eigenvalue weighted by Crippen LogP contribution is 1.96. The van der Waals surface area contributed by atoms with Gasteiger partial charge >= 0.3 is 0 Å². The van der Waals surface area contributed by atoms with E-state index in [0.29, 0.717) is 6.29 Å². The number of carbonyl (C=O) groups is 2. The van der Waals surface area contributed by atoms with Crippen LogP contribution >= 0.6 is 0 Å². The summed E-state index contributed by atoms with van der Waals surface area (Å²) < 4.78 is 0. The van der Waals surface area contributed by atoms with Crippen molar-refractivity contribution < 1.29 is 14.7 Å². The molecule has 0 fully saturated rings. The Bertz CT molecular complexity index is 123. The molecule has 4 nitrogen and oxygen atoms in total. The maximum atomic E-state index is 10.1. The minimum Gasteiger partial charge on any atom is -0.383 e. The smallest absolute Gasteiger partial charge is 0.246 e. The van der Waals surface area contributed by atoms with Crippen LogP contribution in [0.25, 0.3) is 0 Å². The van der Waals surface area contributed by atoms with Crippen LogP contribution in [-0.2, 0) is 9.59 Å². The SMILES string of the molecule is CC(C=O)C(O)C(N)=O. The summed E-state index contributed by atoms with van der Waals surface area (Å²) >= 11 is 0. The molecule has 0 spiro atoms. The molecule has 52 valence electrons. The van der Waals surface area contributed by atoms with Gasteiger partial charge in [-0.25, -0.2) is 0 Å². The first-order chi connectivity index (χ1) is 4.09. The normalized spacial score (nSPS) is 16.2. The van der Waals surface area contributed by atoms with Gasteiger partial charge in [-0.1, -0.05) is 6.92 Å². The van der Waals surface area contributed by atoms with Crippen molar-refractivity contribution in [3.05, 3.63) is 0 Å². The van der Waals surface area contributed by atoms with Gasteiger partial charge in [-0.05, 0) is 0 Å². The molecule has 0 aromatic rings. The van der Waals surface area contributed by atoms with E-state index < -0.39 is 17.9 Å². The Hall–Kier alpha value is -0.900. The Balaban J connectivity index is 3.86. The lowest BCUT2D eigenvalue weighted by Gasteiger charge is -2.06. The van der Waals surface area contributed by atoms with Crippen LogP contribution in [0.2, 0.25) is 0 Å². The van der Waals surface area contributed by atoms with Gasteiger partial charge < -0.3 is 15.6 Å². The first-order valence-electron chi connectivity index (χ1n) is 2.52. The second kappa shape index (κ2) is 3.19. The Morgan fingerprint density at radius 1 is 1.78 bits per heavy atom. The summed E-state index contributed by atoms with van der Waals surface area (Å²) in [5, 5.41) is 8.69. The number of aldehydes is 1. The maximum Gasteiger partial charge on any atom is 0.246 e. The summed E-state index contributed by atoms with van der Waals surface area (Å²) in [6.07, 6.45) is -0.863. The van der Waals surface area contributed by atoms with Crippen LogP contribution in [0.3, 0.4) is 0 Å². The molecule has 0 bridgehead atoms. The Morgan fingerprint density at radius 2 is 2.22 bits per heavy atom. The molecule has 3 N–H and O–H groups in total. The van der Waals surface area contributed by atoms with Gasteiger partial charge in [0.1, 0.15) is 12.4 Å². The van der Waals surface area contributed by atoms with Crippen LogP contribution in [0.4, 0.5) is 0 Å². The molecule has 2 atom stereocenters. The highest BCUT2D eigenvalue weighted by Gasteiger charge is 2.17. The molecule has 0 aromatic heterocycles. The third-order valence-electron chi connectivity index (χ3n) is 1.00. The monoisotopic (exact) mass is 131 g/mol. The molecular weight excluding hydrogens is 122 g/mol. The van der Waals surface area contributed by atoms with Crippen molar-refractivity contribution in [1.82, 2.24) is 0 Å². The van der Waals surface area contributed by atoms with Crippen molar-refractivity contribution in [2.24, 2.45) is 11.7 Å². The van der Waals surface area contributed by atoms with Gasteiger partial charge in [-0.15, -0.1) is 0 Å². The van der Waals surface area contributed by atoms with E-state index in [1.807, 2.05) is 0 Å². The zero-order valence-electron chi connectivity index (χ0n) is 5.07. The first-order valence-corrected chi connectivity index (χ1v) is 2.52. The van der Waals surface area contributed by atoms with Crippen molar-refractivity contribution in [3.8, 4) is 0 Å². The zero-order valence-corrected chi connectivity index (χ0v) is 5.07. The number of hydrogen-bond acceptors (Lipinski definition) is 3. The van der Waals surface area contributed by atoms with Gasteiger partial charge in [-0.3, -0.25) is 4.79 Å². The molecule has 0 aliphatic carbocycles. The van der Waals surface area contributed by atoms with Gasteiger partial charge in [0.2, 0.25) is 5.91 Å². The van der Waals surface area contributed by atoms with E-state index >= 15 is 0 Å². The van der Waals surface area contributed by atoms with E-state index in [2.05, 4.69) is 5.73 Å². The Morgan fingerprint density at radius 3 is 2.33 bits per heavy atom. The molecule has 0 rings (SSSR count). The van der Waals surface area contributed by atoms with E-state index in [0.717, 1.165) is 0 Å². The number of amides is 1. The summed E-state index contributed by atoms with van der Waals surface area (Å²) in [5.74, 6) is -1.57. The standard InChI is InChI=1S/C5H9NO3/c1-3(2-7)4(8)5(6)9/h2-4,8H,1H3,(H2,6,9). The average Bonchev–Trinajstić information content (AvgIpc) is 1.84. The highest BCUT2D eigenvalue weighted by atomic mass is 16.3. The molecule has 9 heavy (non-hydrogen) atoms. The third-order valence-corrected chi connectivity index (χ3v) is 1.00. The van der Waals surface area contributed by atoms with Gasteiger partial charge in [0, 0.05) is 5.92 Å². The van der Waals surface area contributed by atoms with E-state index in [-0.39, 0.29) is 0 Å². The maximum absolute atomic E-state index is 10.1. The van der Waals surface area contributed by atoms with Crippen molar-refractivity contribution in [2.45, 2.75) is 13.0 Å². The zero-order chi connectivity index (χ0) is 7.44. The van der Waals surface area contributed by atoms with Crippen molar-refractivity contribution in [1.29, 1.82) is 0 Å². The molecule has 0 saturated carbocycles. The van der Waals surface area contributed by atoms with Gasteiger partial charge in [-0.2, -0.15) is 0 Å². The molecule has 0 aliphatic rings. The summed E-state index contributed by atoms with van der Waals surface area (Å²) in [5.41, 5.74) is 4.66. The fraction of sp³-hybridized carbons (Fsp3) is 0.600. The van der Waals surface area contributed by atoms with Crippen LogP contribution in [0.5, 0.6) is 0 Å². The van der Waals surface area contributed by atoms with E-state index in [1.54, 1.807) is 0 Å². The second-order valence-corrected chi connectivity index (χ2v) is 1.84. The molecular formula is C5H9NO3. The lowest BCUT2D eigenvalue weighted by Crippen LogP contribution is -2.34. The summed E-state index contributed by atoms with van der Waals surface area (Å²) in [6.45, 7) is 1.42. The lowest BCUT2D eigenvalue weighted by atomic mass is 10.1. The summed E-state index contributed by atoms with van der Waals surface area (Å²) in [7, 11) is 0. The Labute approximate surface area is 52.7 Å². The van der Waals surface area contributed by atoms with Crippen molar-refractivity contribution in [2.75, 3.05) is 0 Å². The molecule has 2 unspecified atom stereocenters. The van der Waals surface area contributed by atoms with E-state index in [1.165, 1.54) is 6.92 Å². The van der Waals surface area contributed by atoms with Crippen LogP contribution in [-0.4, -0.2) is 23.4 Å². The molecule has 1 amide bonds. The van der Waals surface area contributed by atoms with E-state index in [9.17, 15) is 9.59 Å². The van der Waals surface area contributed by atoms with Crippen molar-refractivity contribution >= 4 is 12.2 Å². The fourth-order valence-electron chi connectivity index (χ4n) is 0.334. The minimum atomic E-state index is -1.34. The quantitative estimate of drug-likeness (QED) is 0.465. The van der Waals surface area contributed by atoms with Gasteiger partial charge in [0.05, 0.1) is 0 Å². The van der Waals surface area contributed by atoms with Crippen LogP contribution < -0.4 is 5.73 Å². The lowest BCUT2D eigenvalue weighted by molar-refractivity contribution is -0.131. The minimum absolute atomic E-state index is 0.482. The van der Waals surface area contributed by atoms with E-state index in [4.69, 9.17) is 5.11 Å². The molecule has 0 aliphatic heterocycles. The topological polar surface area (TPSA) is 80.4 Å². The number of hydrogen-bond donors (Lipinski definition) is 2. The molecule has 0 aromatic carbocycles. The van der Waals surface area contributed by atoms with Gasteiger partial charge in [0.25, 0.3) is 0 Å². The first kappa shape index (κ1) is 8.10. The molecule has 0 saturated heterocycles. The molecule has 0 heterocycles. The average molecular weight is 131 g/mol. The fourth-order valence-corrected chi connectivity index (χ4v) is 0.334. The number of aliphatic hydroxyl groups excluding tert-OH is 1. The predicted molar refractivity (Wildman–Crippen MR) is 30.4 cm³/mol. The van der Waals surface area contributed by atoms with Crippen molar-refractivity contribution in [3.63, 3.8) is 0 Å². The summed E-state index contributed by atoms with van der Waals surface area (Å²) in [6, 6.07) is 0. The summed E-state index contributed by atoms with van der Waals surface area (Å²) in [4.78, 5) is 20.0. The predicted octanol–water partition coefficient (Wildman–Crippen LogP) is -1.33. The number of aliphatic hydroxyl groups is 1. The number of primary amides is 1. The van der Waals surface area contributed by atoms with Gasteiger partial charge in [0.15, 0.2) is 0 Å². The second-order valence-electron chi connectivity index (χ2n) is 1.84. The Kier molecular flexibility index (Phi) is 2.87. The van der Waals surface area contributed by atoms with Crippen LogP contribution in [0.1, 0.15) is 6.92 Å². The largest absolute Gasteiger partial charge is 0.383 e. The number of nitrogens with two attached hydrogens (primary N) is 1. The number of rotatable bonds is 3. The highest BCUT2D eigenvalue weighted by molar-refractivity contribution is 5.81. The van der Waals surface area contributed by atoms with Crippen LogP contribution in [0, 0.1) is 5.92 Å². The third kappa shape index (κ3) is 2.23. The molecule has 0 radical (unpaired) electrons. The number of carbonyl (C=O) groups excluding carboxylic acids is 2. The molecule has 4 heteroatoms.